The van der Waals surface area contributed by atoms with Gasteiger partial charge in [-0.2, -0.15) is 0 Å². The van der Waals surface area contributed by atoms with E-state index in [4.69, 9.17) is 0 Å². The van der Waals surface area contributed by atoms with Crippen molar-refractivity contribution in [2.75, 3.05) is 0 Å². The SMILES string of the molecule is c1ccc(-n2c3ccccc3c3ccc4c5ccccc5n(-c5ccncn5)c4c32)cc1. The second kappa shape index (κ2) is 6.53. The minimum Gasteiger partial charge on any atom is -0.307 e. The van der Waals surface area contributed by atoms with Crippen molar-refractivity contribution in [3.63, 3.8) is 0 Å². The largest absolute Gasteiger partial charge is 0.307 e. The molecule has 0 unspecified atom stereocenters. The highest BCUT2D eigenvalue weighted by molar-refractivity contribution is 6.23. The highest BCUT2D eigenvalue weighted by Gasteiger charge is 2.20. The highest BCUT2D eigenvalue weighted by Crippen LogP contribution is 2.41. The molecule has 0 aliphatic rings. The lowest BCUT2D eigenvalue weighted by Gasteiger charge is -2.11. The summed E-state index contributed by atoms with van der Waals surface area (Å²) in [7, 11) is 0. The molecule has 0 spiro atoms. The van der Waals surface area contributed by atoms with Gasteiger partial charge in [0.15, 0.2) is 0 Å². The number of hydrogen-bond donors (Lipinski definition) is 0. The van der Waals surface area contributed by atoms with Crippen LogP contribution in [-0.4, -0.2) is 19.1 Å². The normalized spacial score (nSPS) is 11.8. The van der Waals surface area contributed by atoms with Gasteiger partial charge in [0.2, 0.25) is 0 Å². The monoisotopic (exact) mass is 410 g/mol. The number of para-hydroxylation sites is 3. The molecule has 4 aromatic carbocycles. The zero-order chi connectivity index (χ0) is 21.1. The van der Waals surface area contributed by atoms with Crippen molar-refractivity contribution in [2.45, 2.75) is 0 Å². The van der Waals surface area contributed by atoms with Gasteiger partial charge in [0, 0.05) is 33.4 Å². The Morgan fingerprint density at radius 1 is 0.500 bits per heavy atom. The zero-order valence-corrected chi connectivity index (χ0v) is 17.2. The molecule has 0 aliphatic carbocycles. The van der Waals surface area contributed by atoms with E-state index < -0.39 is 0 Å². The van der Waals surface area contributed by atoms with E-state index in [1.807, 2.05) is 6.07 Å². The van der Waals surface area contributed by atoms with Crippen LogP contribution in [0.4, 0.5) is 0 Å². The number of aromatic nitrogens is 4. The molecule has 4 nitrogen and oxygen atoms in total. The van der Waals surface area contributed by atoms with E-state index in [-0.39, 0.29) is 0 Å². The van der Waals surface area contributed by atoms with Crippen LogP contribution in [0.15, 0.2) is 110 Å². The van der Waals surface area contributed by atoms with Crippen LogP contribution in [0.3, 0.4) is 0 Å². The molecule has 0 saturated heterocycles. The molecule has 4 heteroatoms. The molecule has 7 aromatic rings. The predicted molar refractivity (Wildman–Crippen MR) is 131 cm³/mol. The third-order valence-electron chi connectivity index (χ3n) is 6.28. The van der Waals surface area contributed by atoms with Gasteiger partial charge < -0.3 is 4.57 Å². The summed E-state index contributed by atoms with van der Waals surface area (Å²) in [5.74, 6) is 0.864. The summed E-state index contributed by atoms with van der Waals surface area (Å²) >= 11 is 0. The van der Waals surface area contributed by atoms with Crippen LogP contribution in [-0.2, 0) is 0 Å². The second-order valence-electron chi connectivity index (χ2n) is 7.97. The summed E-state index contributed by atoms with van der Waals surface area (Å²) in [5.41, 5.74) is 5.82. The smallest absolute Gasteiger partial charge is 0.141 e. The molecular weight excluding hydrogens is 392 g/mol. The van der Waals surface area contributed by atoms with Crippen LogP contribution >= 0.6 is 0 Å². The first-order valence-electron chi connectivity index (χ1n) is 10.7. The van der Waals surface area contributed by atoms with E-state index in [2.05, 4.69) is 110 Å². The fourth-order valence-corrected chi connectivity index (χ4v) is 5.00. The second-order valence-corrected chi connectivity index (χ2v) is 7.97. The van der Waals surface area contributed by atoms with Gasteiger partial charge in [-0.15, -0.1) is 0 Å². The van der Waals surface area contributed by atoms with Crippen molar-refractivity contribution in [3.05, 3.63) is 110 Å². The van der Waals surface area contributed by atoms with Gasteiger partial charge >= 0.3 is 0 Å². The Hall–Kier alpha value is -4.44. The van der Waals surface area contributed by atoms with Gasteiger partial charge in [-0.1, -0.05) is 66.7 Å². The molecule has 7 rings (SSSR count). The van der Waals surface area contributed by atoms with E-state index in [1.54, 1.807) is 12.5 Å². The Morgan fingerprint density at radius 2 is 1.09 bits per heavy atom. The van der Waals surface area contributed by atoms with Crippen LogP contribution in [0.2, 0.25) is 0 Å². The summed E-state index contributed by atoms with van der Waals surface area (Å²) in [5, 5.41) is 4.90. The minimum atomic E-state index is 0.864. The van der Waals surface area contributed by atoms with E-state index in [0.29, 0.717) is 0 Å². The average molecular weight is 410 g/mol. The molecule has 0 N–H and O–H groups in total. The fourth-order valence-electron chi connectivity index (χ4n) is 5.00. The molecule has 32 heavy (non-hydrogen) atoms. The third kappa shape index (κ3) is 2.26. The average Bonchev–Trinajstić information content (AvgIpc) is 3.38. The Kier molecular flexibility index (Phi) is 3.52. The van der Waals surface area contributed by atoms with E-state index in [0.717, 1.165) is 22.5 Å². The van der Waals surface area contributed by atoms with E-state index in [9.17, 15) is 0 Å². The topological polar surface area (TPSA) is 35.6 Å². The Labute approximate surface area is 184 Å². The molecule has 0 saturated carbocycles. The summed E-state index contributed by atoms with van der Waals surface area (Å²) in [6.45, 7) is 0. The van der Waals surface area contributed by atoms with Crippen molar-refractivity contribution in [1.82, 2.24) is 19.1 Å². The van der Waals surface area contributed by atoms with Crippen LogP contribution in [0.1, 0.15) is 0 Å². The quantitative estimate of drug-likeness (QED) is 0.319. The summed E-state index contributed by atoms with van der Waals surface area (Å²) in [6.07, 6.45) is 3.42. The Balaban J connectivity index is 1.81. The van der Waals surface area contributed by atoms with Crippen LogP contribution < -0.4 is 0 Å². The van der Waals surface area contributed by atoms with Crippen molar-refractivity contribution < 1.29 is 0 Å². The van der Waals surface area contributed by atoms with E-state index in [1.165, 1.54) is 32.6 Å². The molecule has 150 valence electrons. The first-order valence-corrected chi connectivity index (χ1v) is 10.7. The maximum Gasteiger partial charge on any atom is 0.141 e. The lowest BCUT2D eigenvalue weighted by Crippen LogP contribution is -2.00. The molecule has 0 radical (unpaired) electrons. The summed E-state index contributed by atoms with van der Waals surface area (Å²) < 4.78 is 4.65. The molecule has 0 amide bonds. The van der Waals surface area contributed by atoms with Crippen molar-refractivity contribution in [2.24, 2.45) is 0 Å². The van der Waals surface area contributed by atoms with Gasteiger partial charge in [-0.05, 0) is 30.3 Å². The number of benzene rings is 4. The number of rotatable bonds is 2. The lowest BCUT2D eigenvalue weighted by molar-refractivity contribution is 1.04. The summed E-state index contributed by atoms with van der Waals surface area (Å²) in [6, 6.07) is 34.2. The Bertz CT molecular complexity index is 1630. The summed E-state index contributed by atoms with van der Waals surface area (Å²) in [4.78, 5) is 8.78. The molecule has 0 bridgehead atoms. The molecule has 3 heterocycles. The maximum atomic E-state index is 4.63. The molecule has 0 aliphatic heterocycles. The van der Waals surface area contributed by atoms with Crippen molar-refractivity contribution in [3.8, 4) is 11.5 Å². The molecule has 3 aromatic heterocycles. The number of nitrogens with zero attached hydrogens (tertiary/aromatic N) is 4. The highest BCUT2D eigenvalue weighted by atomic mass is 15.1. The van der Waals surface area contributed by atoms with Gasteiger partial charge in [0.1, 0.15) is 12.1 Å². The van der Waals surface area contributed by atoms with Gasteiger partial charge in [-0.3, -0.25) is 4.57 Å². The number of fused-ring (bicyclic) bond motifs is 7. The third-order valence-corrected chi connectivity index (χ3v) is 6.28. The lowest BCUT2D eigenvalue weighted by atomic mass is 10.1. The minimum absolute atomic E-state index is 0.864. The standard InChI is InChI=1S/C28H18N4/c1-2-8-19(9-3-1)31-24-12-6-4-10-20(24)22-14-15-23-21-11-5-7-13-25(21)32(28(23)27(22)31)26-16-17-29-18-30-26/h1-18H. The fraction of sp³-hybridized carbons (Fsp3) is 0. The first kappa shape index (κ1) is 17.3. The van der Waals surface area contributed by atoms with Crippen molar-refractivity contribution >= 4 is 43.6 Å². The maximum absolute atomic E-state index is 4.63. The first-order chi connectivity index (χ1) is 15.9. The van der Waals surface area contributed by atoms with Gasteiger partial charge in [0.05, 0.1) is 22.1 Å². The van der Waals surface area contributed by atoms with Crippen LogP contribution in [0, 0.1) is 0 Å². The zero-order valence-electron chi connectivity index (χ0n) is 17.2. The number of hydrogen-bond acceptors (Lipinski definition) is 2. The molecule has 0 fully saturated rings. The Morgan fingerprint density at radius 3 is 1.75 bits per heavy atom. The van der Waals surface area contributed by atoms with Gasteiger partial charge in [-0.25, -0.2) is 9.97 Å². The van der Waals surface area contributed by atoms with Crippen LogP contribution in [0.5, 0.6) is 0 Å². The molecule has 0 atom stereocenters. The predicted octanol–water partition coefficient (Wildman–Crippen LogP) is 6.67. The van der Waals surface area contributed by atoms with Gasteiger partial charge in [0.25, 0.3) is 0 Å². The van der Waals surface area contributed by atoms with Crippen LogP contribution in [0.25, 0.3) is 55.1 Å². The van der Waals surface area contributed by atoms with E-state index >= 15 is 0 Å². The van der Waals surface area contributed by atoms with Crippen molar-refractivity contribution in [1.29, 1.82) is 0 Å². The molecular formula is C28H18N4.